The number of rotatable bonds is 6. The first-order valence-electron chi connectivity index (χ1n) is 7.33. The fourth-order valence-electron chi connectivity index (χ4n) is 2.58. The fraction of sp³-hybridized carbons (Fsp3) is 0.643. The summed E-state index contributed by atoms with van der Waals surface area (Å²) in [5.74, 6) is -0.192. The zero-order chi connectivity index (χ0) is 15.2. The molecule has 0 fully saturated rings. The van der Waals surface area contributed by atoms with Gasteiger partial charge in [-0.2, -0.15) is 0 Å². The minimum atomic E-state index is -0.929. The first-order valence-corrected chi connectivity index (χ1v) is 8.15. The molecule has 1 atom stereocenters. The van der Waals surface area contributed by atoms with Crippen LogP contribution in [0.25, 0.3) is 0 Å². The van der Waals surface area contributed by atoms with Gasteiger partial charge in [0.15, 0.2) is 5.13 Å². The Balaban J connectivity index is 1.85. The summed E-state index contributed by atoms with van der Waals surface area (Å²) in [6.07, 6.45) is 5.59. The van der Waals surface area contributed by atoms with E-state index in [0.717, 1.165) is 24.5 Å². The number of carboxylic acid groups (broad SMARTS) is 1. The van der Waals surface area contributed by atoms with Crippen molar-refractivity contribution < 1.29 is 14.7 Å². The van der Waals surface area contributed by atoms with Gasteiger partial charge >= 0.3 is 12.0 Å². The molecule has 0 aliphatic heterocycles. The second-order valence-electron chi connectivity index (χ2n) is 5.31. The third kappa shape index (κ3) is 4.70. The number of hydrogen-bond donors (Lipinski definition) is 3. The minimum absolute atomic E-state index is 0.0829. The molecule has 1 heterocycles. The first kappa shape index (κ1) is 15.8. The maximum atomic E-state index is 11.6. The van der Waals surface area contributed by atoms with Gasteiger partial charge in [-0.05, 0) is 25.2 Å². The van der Waals surface area contributed by atoms with Gasteiger partial charge in [0.05, 0.1) is 12.1 Å². The monoisotopic (exact) mass is 311 g/mol. The van der Waals surface area contributed by atoms with E-state index < -0.39 is 12.0 Å². The number of carbonyl (C=O) groups excluding carboxylic acids is 1. The molecule has 2 amide bonds. The summed E-state index contributed by atoms with van der Waals surface area (Å²) in [6, 6.07) is -0.396. The van der Waals surface area contributed by atoms with E-state index >= 15 is 0 Å². The Bertz CT molecular complexity index is 516. The lowest BCUT2D eigenvalue weighted by atomic mass is 9.88. The summed E-state index contributed by atoms with van der Waals surface area (Å²) in [6.45, 7) is 2.32. The normalized spacial score (nSPS) is 17.1. The Morgan fingerprint density at radius 1 is 1.48 bits per heavy atom. The van der Waals surface area contributed by atoms with Crippen molar-refractivity contribution in [1.29, 1.82) is 0 Å². The average molecular weight is 311 g/mol. The molecular weight excluding hydrogens is 290 g/mol. The van der Waals surface area contributed by atoms with Crippen molar-refractivity contribution in [3.05, 3.63) is 10.6 Å². The summed E-state index contributed by atoms with van der Waals surface area (Å²) in [4.78, 5) is 27.7. The van der Waals surface area contributed by atoms with E-state index in [2.05, 4.69) is 22.5 Å². The third-order valence-electron chi connectivity index (χ3n) is 3.58. The molecule has 3 N–H and O–H groups in total. The zero-order valence-electron chi connectivity index (χ0n) is 12.1. The number of aryl methyl sites for hydroxylation is 1. The summed E-state index contributed by atoms with van der Waals surface area (Å²) in [5, 5.41) is 14.3. The number of urea groups is 1. The largest absolute Gasteiger partial charge is 0.481 e. The van der Waals surface area contributed by atoms with Crippen LogP contribution in [0.2, 0.25) is 0 Å². The summed E-state index contributed by atoms with van der Waals surface area (Å²) in [5.41, 5.74) is 1.10. The zero-order valence-corrected chi connectivity index (χ0v) is 13.0. The van der Waals surface area contributed by atoms with Crippen LogP contribution in [0.3, 0.4) is 0 Å². The van der Waals surface area contributed by atoms with Gasteiger partial charge < -0.3 is 10.4 Å². The lowest BCUT2D eigenvalue weighted by Crippen LogP contribution is -2.30. The molecule has 1 aromatic rings. The fourth-order valence-corrected chi connectivity index (χ4v) is 3.69. The highest BCUT2D eigenvalue weighted by Gasteiger charge is 2.22. The summed E-state index contributed by atoms with van der Waals surface area (Å²) < 4.78 is 0. The molecule has 0 saturated carbocycles. The first-order chi connectivity index (χ1) is 10.1. The predicted molar refractivity (Wildman–Crippen MR) is 81.8 cm³/mol. The molecule has 6 nitrogen and oxygen atoms in total. The molecule has 1 aromatic heterocycles. The molecule has 2 rings (SSSR count). The van der Waals surface area contributed by atoms with Crippen molar-refractivity contribution in [2.24, 2.45) is 5.92 Å². The Morgan fingerprint density at radius 2 is 2.29 bits per heavy atom. The van der Waals surface area contributed by atoms with Crippen LogP contribution in [0.5, 0.6) is 0 Å². The second-order valence-corrected chi connectivity index (χ2v) is 6.39. The molecule has 1 unspecified atom stereocenters. The van der Waals surface area contributed by atoms with Crippen molar-refractivity contribution in [3.8, 4) is 0 Å². The Morgan fingerprint density at radius 3 is 3.00 bits per heavy atom. The number of carboxylic acids is 1. The molecule has 0 spiro atoms. The number of hydrogen-bond acceptors (Lipinski definition) is 4. The van der Waals surface area contributed by atoms with Crippen molar-refractivity contribution in [3.63, 3.8) is 0 Å². The molecule has 0 radical (unpaired) electrons. The third-order valence-corrected chi connectivity index (χ3v) is 4.62. The number of nitrogens with one attached hydrogen (secondary N) is 2. The number of carbonyl (C=O) groups is 2. The molecule has 1 aliphatic carbocycles. The van der Waals surface area contributed by atoms with Crippen molar-refractivity contribution in [2.75, 3.05) is 11.9 Å². The van der Waals surface area contributed by atoms with E-state index in [1.807, 2.05) is 0 Å². The molecule has 21 heavy (non-hydrogen) atoms. The maximum Gasteiger partial charge on any atom is 0.321 e. The van der Waals surface area contributed by atoms with Crippen molar-refractivity contribution in [1.82, 2.24) is 10.3 Å². The van der Waals surface area contributed by atoms with Crippen LogP contribution < -0.4 is 10.6 Å². The van der Waals surface area contributed by atoms with E-state index in [9.17, 15) is 9.59 Å². The summed E-state index contributed by atoms with van der Waals surface area (Å²) in [7, 11) is 0. The van der Waals surface area contributed by atoms with Gasteiger partial charge in [0, 0.05) is 11.4 Å². The Hall–Kier alpha value is -1.63. The summed E-state index contributed by atoms with van der Waals surface area (Å²) >= 11 is 1.53. The van der Waals surface area contributed by atoms with Gasteiger partial charge in [-0.3, -0.25) is 10.1 Å². The van der Waals surface area contributed by atoms with Gasteiger partial charge in [0.2, 0.25) is 0 Å². The number of thiazole rings is 1. The number of aliphatic carboxylic acids is 1. The average Bonchev–Trinajstić information content (AvgIpc) is 2.80. The smallest absolute Gasteiger partial charge is 0.321 e. The molecule has 0 bridgehead atoms. The van der Waals surface area contributed by atoms with Gasteiger partial charge in [0.25, 0.3) is 0 Å². The van der Waals surface area contributed by atoms with Gasteiger partial charge in [-0.1, -0.05) is 19.8 Å². The standard InChI is InChI=1S/C14H21N3O3S/c1-2-3-9-4-5-10-11(8-9)21-14(16-10)17-13(20)15-7-6-12(18)19/h9H,2-8H2,1H3,(H,18,19)(H2,15,16,17,20). The van der Waals surface area contributed by atoms with Crippen LogP contribution in [0, 0.1) is 5.92 Å². The van der Waals surface area contributed by atoms with E-state index in [0.29, 0.717) is 5.13 Å². The van der Waals surface area contributed by atoms with Crippen LogP contribution >= 0.6 is 11.3 Å². The lowest BCUT2D eigenvalue weighted by Gasteiger charge is -2.19. The number of nitrogens with zero attached hydrogens (tertiary/aromatic N) is 1. The van der Waals surface area contributed by atoms with Gasteiger partial charge in [0.1, 0.15) is 0 Å². The molecular formula is C14H21N3O3S. The quantitative estimate of drug-likeness (QED) is 0.753. The van der Waals surface area contributed by atoms with Crippen LogP contribution in [0.1, 0.15) is 43.2 Å². The number of amides is 2. The van der Waals surface area contributed by atoms with E-state index in [-0.39, 0.29) is 13.0 Å². The number of fused-ring (bicyclic) bond motifs is 1. The highest BCUT2D eigenvalue weighted by molar-refractivity contribution is 7.15. The Labute approximate surface area is 128 Å². The SMILES string of the molecule is CCCC1CCc2nc(NC(=O)NCCC(=O)O)sc2C1. The highest BCUT2D eigenvalue weighted by Crippen LogP contribution is 2.33. The molecule has 1 aliphatic rings. The Kier molecular flexibility index (Phi) is 5.55. The predicted octanol–water partition coefficient (Wildman–Crippen LogP) is 2.64. The topological polar surface area (TPSA) is 91.3 Å². The molecule has 7 heteroatoms. The van der Waals surface area contributed by atoms with Crippen LogP contribution in [-0.4, -0.2) is 28.6 Å². The van der Waals surface area contributed by atoms with E-state index in [4.69, 9.17) is 5.11 Å². The van der Waals surface area contributed by atoms with Gasteiger partial charge in [-0.25, -0.2) is 9.78 Å². The molecule has 116 valence electrons. The van der Waals surface area contributed by atoms with Crippen molar-refractivity contribution >= 4 is 28.5 Å². The van der Waals surface area contributed by atoms with Crippen LogP contribution in [-0.2, 0) is 17.6 Å². The van der Waals surface area contributed by atoms with Crippen LogP contribution in [0.15, 0.2) is 0 Å². The van der Waals surface area contributed by atoms with E-state index in [1.54, 1.807) is 0 Å². The number of anilines is 1. The second kappa shape index (κ2) is 7.40. The molecule has 0 aromatic carbocycles. The van der Waals surface area contributed by atoms with Crippen molar-refractivity contribution in [2.45, 2.75) is 45.4 Å². The molecule has 0 saturated heterocycles. The minimum Gasteiger partial charge on any atom is -0.481 e. The van der Waals surface area contributed by atoms with Gasteiger partial charge in [-0.15, -0.1) is 11.3 Å². The van der Waals surface area contributed by atoms with Crippen LogP contribution in [0.4, 0.5) is 9.93 Å². The lowest BCUT2D eigenvalue weighted by molar-refractivity contribution is -0.136. The maximum absolute atomic E-state index is 11.6. The van der Waals surface area contributed by atoms with E-state index in [1.165, 1.54) is 35.5 Å². The highest BCUT2D eigenvalue weighted by atomic mass is 32.1. The number of aromatic nitrogens is 1.